The predicted octanol–water partition coefficient (Wildman–Crippen LogP) is 1.35. The standard InChI is InChI=1S/C17H25NO3/c1-4-16(19)15-7-5-6-8-17(15)20-10-9-18-11-13(2)21-14(3)12-18/h5-8,13-14H,4,9-12H2,1-3H3/p+1/t13-,14+. The number of hydrogen-bond acceptors (Lipinski definition) is 3. The molecule has 4 heteroatoms. The van der Waals surface area contributed by atoms with Gasteiger partial charge in [0.15, 0.2) is 5.78 Å². The Morgan fingerprint density at radius 1 is 1.29 bits per heavy atom. The van der Waals surface area contributed by atoms with Gasteiger partial charge in [-0.1, -0.05) is 19.1 Å². The van der Waals surface area contributed by atoms with Crippen LogP contribution in [0.25, 0.3) is 0 Å². The second kappa shape index (κ2) is 7.57. The summed E-state index contributed by atoms with van der Waals surface area (Å²) in [7, 11) is 0. The highest BCUT2D eigenvalue weighted by Crippen LogP contribution is 2.19. The second-order valence-electron chi connectivity index (χ2n) is 5.79. The molecule has 1 N–H and O–H groups in total. The van der Waals surface area contributed by atoms with Crippen molar-refractivity contribution in [2.45, 2.75) is 39.4 Å². The van der Waals surface area contributed by atoms with Crippen molar-refractivity contribution in [1.82, 2.24) is 0 Å². The lowest BCUT2D eigenvalue weighted by molar-refractivity contribution is -0.915. The SMILES string of the molecule is CCC(=O)c1ccccc1OCC[NH+]1C[C@@H](C)O[C@@H](C)C1. The summed E-state index contributed by atoms with van der Waals surface area (Å²) in [4.78, 5) is 13.4. The van der Waals surface area contributed by atoms with Crippen molar-refractivity contribution in [2.24, 2.45) is 0 Å². The van der Waals surface area contributed by atoms with E-state index in [1.807, 2.05) is 31.2 Å². The highest BCUT2D eigenvalue weighted by atomic mass is 16.5. The van der Waals surface area contributed by atoms with Crippen molar-refractivity contribution in [1.29, 1.82) is 0 Å². The summed E-state index contributed by atoms with van der Waals surface area (Å²) in [5, 5.41) is 0. The minimum atomic E-state index is 0.131. The summed E-state index contributed by atoms with van der Waals surface area (Å²) >= 11 is 0. The Labute approximate surface area is 127 Å². The third-order valence-corrected chi connectivity index (χ3v) is 3.84. The molecule has 0 radical (unpaired) electrons. The fourth-order valence-electron chi connectivity index (χ4n) is 2.91. The molecule has 0 spiro atoms. The van der Waals surface area contributed by atoms with Crippen LogP contribution < -0.4 is 9.64 Å². The minimum Gasteiger partial charge on any atom is -0.487 e. The van der Waals surface area contributed by atoms with E-state index < -0.39 is 0 Å². The monoisotopic (exact) mass is 292 g/mol. The van der Waals surface area contributed by atoms with Gasteiger partial charge in [-0.2, -0.15) is 0 Å². The Bertz CT molecular complexity index is 465. The maximum Gasteiger partial charge on any atom is 0.166 e. The third kappa shape index (κ3) is 4.55. The molecule has 116 valence electrons. The summed E-state index contributed by atoms with van der Waals surface area (Å²) in [5.41, 5.74) is 0.693. The number of benzene rings is 1. The molecule has 0 aromatic heterocycles. The van der Waals surface area contributed by atoms with Crippen LogP contribution in [0.2, 0.25) is 0 Å². The molecular weight excluding hydrogens is 266 g/mol. The number of quaternary nitrogens is 1. The first kappa shape index (κ1) is 16.0. The smallest absolute Gasteiger partial charge is 0.166 e. The lowest BCUT2D eigenvalue weighted by atomic mass is 10.1. The summed E-state index contributed by atoms with van der Waals surface area (Å²) in [6.45, 7) is 9.71. The van der Waals surface area contributed by atoms with Crippen LogP contribution >= 0.6 is 0 Å². The van der Waals surface area contributed by atoms with E-state index in [1.54, 1.807) is 0 Å². The number of carbonyl (C=O) groups excluding carboxylic acids is 1. The lowest BCUT2D eigenvalue weighted by Crippen LogP contribution is -3.16. The first-order valence-corrected chi connectivity index (χ1v) is 7.84. The van der Waals surface area contributed by atoms with Crippen molar-refractivity contribution in [3.63, 3.8) is 0 Å². The first-order valence-electron chi connectivity index (χ1n) is 7.84. The molecule has 1 aromatic rings. The molecule has 1 unspecified atom stereocenters. The molecule has 0 saturated carbocycles. The van der Waals surface area contributed by atoms with Crippen molar-refractivity contribution in [3.8, 4) is 5.75 Å². The zero-order valence-electron chi connectivity index (χ0n) is 13.2. The number of ether oxygens (including phenoxy) is 2. The van der Waals surface area contributed by atoms with Crippen LogP contribution in [0.3, 0.4) is 0 Å². The van der Waals surface area contributed by atoms with E-state index in [0.29, 0.717) is 36.5 Å². The number of morpholine rings is 1. The number of ketones is 1. The fourth-order valence-corrected chi connectivity index (χ4v) is 2.91. The van der Waals surface area contributed by atoms with Gasteiger partial charge in [-0.3, -0.25) is 4.79 Å². The van der Waals surface area contributed by atoms with Crippen LogP contribution in [0.1, 0.15) is 37.6 Å². The van der Waals surface area contributed by atoms with Crippen LogP contribution in [0.4, 0.5) is 0 Å². The van der Waals surface area contributed by atoms with Gasteiger partial charge in [0.2, 0.25) is 0 Å². The van der Waals surface area contributed by atoms with E-state index in [4.69, 9.17) is 9.47 Å². The third-order valence-electron chi connectivity index (χ3n) is 3.84. The number of hydrogen-bond donors (Lipinski definition) is 1. The average Bonchev–Trinajstić information content (AvgIpc) is 2.46. The molecule has 2 rings (SSSR count). The second-order valence-corrected chi connectivity index (χ2v) is 5.79. The molecule has 21 heavy (non-hydrogen) atoms. The Balaban J connectivity index is 1.87. The van der Waals surface area contributed by atoms with Gasteiger partial charge in [-0.25, -0.2) is 0 Å². The van der Waals surface area contributed by atoms with Gasteiger partial charge in [0.25, 0.3) is 0 Å². The van der Waals surface area contributed by atoms with Crippen molar-refractivity contribution in [3.05, 3.63) is 29.8 Å². The normalized spacial score (nSPS) is 25.6. The van der Waals surface area contributed by atoms with Crippen LogP contribution in [-0.2, 0) is 4.74 Å². The fraction of sp³-hybridized carbons (Fsp3) is 0.588. The number of Topliss-reactive ketones (excluding diaryl/α,β-unsaturated/α-hetero) is 1. The molecule has 1 saturated heterocycles. The minimum absolute atomic E-state index is 0.131. The number of para-hydroxylation sites is 1. The molecule has 0 aliphatic carbocycles. The number of rotatable bonds is 6. The molecule has 1 fully saturated rings. The molecule has 0 amide bonds. The Hall–Kier alpha value is -1.39. The molecule has 4 nitrogen and oxygen atoms in total. The van der Waals surface area contributed by atoms with Gasteiger partial charge in [0.05, 0.1) is 5.56 Å². The van der Waals surface area contributed by atoms with E-state index >= 15 is 0 Å². The van der Waals surface area contributed by atoms with Gasteiger partial charge < -0.3 is 14.4 Å². The van der Waals surface area contributed by atoms with Crippen molar-refractivity contribution in [2.75, 3.05) is 26.2 Å². The van der Waals surface area contributed by atoms with Gasteiger partial charge >= 0.3 is 0 Å². The van der Waals surface area contributed by atoms with E-state index in [0.717, 1.165) is 19.6 Å². The molecule has 0 bridgehead atoms. The average molecular weight is 292 g/mol. The highest BCUT2D eigenvalue weighted by molar-refractivity contribution is 5.98. The van der Waals surface area contributed by atoms with Gasteiger partial charge in [-0.05, 0) is 26.0 Å². The quantitative estimate of drug-likeness (QED) is 0.805. The molecular formula is C17H26NO3+. The molecule has 1 aromatic carbocycles. The Morgan fingerprint density at radius 3 is 2.62 bits per heavy atom. The molecule has 1 aliphatic heterocycles. The zero-order chi connectivity index (χ0) is 15.2. The van der Waals surface area contributed by atoms with Gasteiger partial charge in [0, 0.05) is 6.42 Å². The predicted molar refractivity (Wildman–Crippen MR) is 82.1 cm³/mol. The van der Waals surface area contributed by atoms with E-state index in [2.05, 4.69) is 13.8 Å². The maximum atomic E-state index is 11.9. The molecule has 1 aliphatic rings. The topological polar surface area (TPSA) is 40.0 Å². The summed E-state index contributed by atoms with van der Waals surface area (Å²) in [6.07, 6.45) is 1.11. The maximum absolute atomic E-state index is 11.9. The van der Waals surface area contributed by atoms with Crippen molar-refractivity contribution < 1.29 is 19.2 Å². The van der Waals surface area contributed by atoms with Gasteiger partial charge in [0.1, 0.15) is 44.2 Å². The van der Waals surface area contributed by atoms with Crippen LogP contribution in [0.15, 0.2) is 24.3 Å². The zero-order valence-corrected chi connectivity index (χ0v) is 13.2. The Kier molecular flexibility index (Phi) is 5.76. The summed E-state index contributed by atoms with van der Waals surface area (Å²) in [5.74, 6) is 0.838. The summed E-state index contributed by atoms with van der Waals surface area (Å²) < 4.78 is 11.6. The first-order chi connectivity index (χ1) is 10.1. The summed E-state index contributed by atoms with van der Waals surface area (Å²) in [6, 6.07) is 7.51. The molecule has 1 heterocycles. The van der Waals surface area contributed by atoms with Crippen LogP contribution in [0.5, 0.6) is 5.75 Å². The number of nitrogens with one attached hydrogen (secondary N) is 1. The van der Waals surface area contributed by atoms with Crippen molar-refractivity contribution >= 4 is 5.78 Å². The van der Waals surface area contributed by atoms with Crippen LogP contribution in [-0.4, -0.2) is 44.2 Å². The van der Waals surface area contributed by atoms with E-state index in [-0.39, 0.29) is 5.78 Å². The lowest BCUT2D eigenvalue weighted by Gasteiger charge is -2.32. The molecule has 3 atom stereocenters. The van der Waals surface area contributed by atoms with E-state index in [9.17, 15) is 4.79 Å². The largest absolute Gasteiger partial charge is 0.487 e. The number of carbonyl (C=O) groups is 1. The Morgan fingerprint density at radius 2 is 1.95 bits per heavy atom. The van der Waals surface area contributed by atoms with Gasteiger partial charge in [-0.15, -0.1) is 0 Å². The highest BCUT2D eigenvalue weighted by Gasteiger charge is 2.25. The van der Waals surface area contributed by atoms with E-state index in [1.165, 1.54) is 4.90 Å². The van der Waals surface area contributed by atoms with Crippen LogP contribution in [0, 0.1) is 0 Å².